The van der Waals surface area contributed by atoms with Crippen molar-refractivity contribution >= 4 is 17.7 Å². The Balaban J connectivity index is 2.16. The number of amides is 1. The maximum Gasteiger partial charge on any atom is 0.230 e. The van der Waals surface area contributed by atoms with Crippen LogP contribution in [-0.2, 0) is 4.79 Å². The molecule has 20 heavy (non-hydrogen) atoms. The largest absolute Gasteiger partial charge is 0.396 e. The van der Waals surface area contributed by atoms with Gasteiger partial charge in [0.2, 0.25) is 5.91 Å². The summed E-state index contributed by atoms with van der Waals surface area (Å²) in [6, 6.07) is 3.31. The third kappa shape index (κ3) is 6.86. The number of unbranched alkanes of at least 4 members (excludes halogenated alkanes) is 3. The highest BCUT2D eigenvalue weighted by Gasteiger charge is 2.07. The molecule has 0 heterocycles. The van der Waals surface area contributed by atoms with Gasteiger partial charge >= 0.3 is 0 Å². The fourth-order valence-electron chi connectivity index (χ4n) is 1.60. The third-order valence-corrected chi connectivity index (χ3v) is 3.71. The lowest BCUT2D eigenvalue weighted by Crippen LogP contribution is -2.26. The number of nitrogens with one attached hydrogen (secondary N) is 1. The summed E-state index contributed by atoms with van der Waals surface area (Å²) in [5.74, 6) is -1.33. The number of thioether (sulfide) groups is 1. The smallest absolute Gasteiger partial charge is 0.230 e. The number of benzene rings is 1. The van der Waals surface area contributed by atoms with Gasteiger partial charge in [-0.05, 0) is 25.0 Å². The van der Waals surface area contributed by atoms with Crippen LogP contribution in [-0.4, -0.2) is 29.9 Å². The highest BCUT2D eigenvalue weighted by Crippen LogP contribution is 2.21. The van der Waals surface area contributed by atoms with Crippen molar-refractivity contribution in [1.82, 2.24) is 5.32 Å². The van der Waals surface area contributed by atoms with Gasteiger partial charge in [-0.25, -0.2) is 8.78 Å². The molecule has 1 aromatic rings. The number of carbonyl (C=O) groups excluding carboxylic acids is 1. The zero-order valence-electron chi connectivity index (χ0n) is 11.2. The van der Waals surface area contributed by atoms with E-state index in [0.29, 0.717) is 6.54 Å². The topological polar surface area (TPSA) is 49.3 Å². The van der Waals surface area contributed by atoms with Crippen LogP contribution in [0.3, 0.4) is 0 Å². The zero-order valence-corrected chi connectivity index (χ0v) is 12.0. The van der Waals surface area contributed by atoms with Gasteiger partial charge in [-0.1, -0.05) is 12.8 Å². The number of aliphatic hydroxyl groups is 1. The lowest BCUT2D eigenvalue weighted by Gasteiger charge is -2.06. The fraction of sp³-hybridized carbons (Fsp3) is 0.500. The minimum absolute atomic E-state index is 0.110. The van der Waals surface area contributed by atoms with Gasteiger partial charge in [0, 0.05) is 24.1 Å². The Morgan fingerprint density at radius 2 is 1.95 bits per heavy atom. The van der Waals surface area contributed by atoms with Crippen molar-refractivity contribution in [2.45, 2.75) is 30.6 Å². The van der Waals surface area contributed by atoms with Gasteiger partial charge in [-0.15, -0.1) is 11.8 Å². The summed E-state index contributed by atoms with van der Waals surface area (Å²) in [6.07, 6.45) is 3.55. The molecule has 0 fully saturated rings. The molecule has 0 atom stereocenters. The molecule has 6 heteroatoms. The second-order valence-electron chi connectivity index (χ2n) is 4.35. The normalized spacial score (nSPS) is 10.6. The lowest BCUT2D eigenvalue weighted by atomic mass is 10.2. The van der Waals surface area contributed by atoms with Crippen molar-refractivity contribution in [2.24, 2.45) is 0 Å². The van der Waals surface area contributed by atoms with E-state index in [1.165, 1.54) is 12.1 Å². The lowest BCUT2D eigenvalue weighted by molar-refractivity contribution is -0.118. The first-order chi connectivity index (χ1) is 9.63. The minimum Gasteiger partial charge on any atom is -0.396 e. The molecule has 1 amide bonds. The number of halogens is 2. The van der Waals surface area contributed by atoms with Crippen molar-refractivity contribution < 1.29 is 18.7 Å². The molecule has 0 saturated carbocycles. The standard InChI is InChI=1S/C14H19F2NO2S/c15-11-5-6-13(12(16)9-11)20-10-14(19)17-7-3-1-2-4-8-18/h5-6,9,18H,1-4,7-8,10H2,(H,17,19). The van der Waals surface area contributed by atoms with Crippen LogP contribution in [0.25, 0.3) is 0 Å². The third-order valence-electron chi connectivity index (χ3n) is 2.66. The van der Waals surface area contributed by atoms with E-state index in [9.17, 15) is 13.6 Å². The summed E-state index contributed by atoms with van der Waals surface area (Å²) < 4.78 is 26.0. The SMILES string of the molecule is O=C(CSc1ccc(F)cc1F)NCCCCCCO. The molecule has 1 rings (SSSR count). The van der Waals surface area contributed by atoms with E-state index >= 15 is 0 Å². The molecular formula is C14H19F2NO2S. The van der Waals surface area contributed by atoms with Crippen LogP contribution < -0.4 is 5.32 Å². The average molecular weight is 303 g/mol. The van der Waals surface area contributed by atoms with Gasteiger partial charge in [0.1, 0.15) is 11.6 Å². The fourth-order valence-corrected chi connectivity index (χ4v) is 2.35. The van der Waals surface area contributed by atoms with Crippen molar-refractivity contribution in [1.29, 1.82) is 0 Å². The molecule has 3 nitrogen and oxygen atoms in total. The van der Waals surface area contributed by atoms with Crippen LogP contribution in [0.2, 0.25) is 0 Å². The van der Waals surface area contributed by atoms with E-state index in [-0.39, 0.29) is 23.2 Å². The van der Waals surface area contributed by atoms with Crippen LogP contribution in [0.1, 0.15) is 25.7 Å². The minimum atomic E-state index is -0.646. The zero-order chi connectivity index (χ0) is 14.8. The van der Waals surface area contributed by atoms with E-state index in [2.05, 4.69) is 5.32 Å². The molecule has 1 aromatic carbocycles. The maximum atomic E-state index is 13.3. The Bertz CT molecular complexity index is 430. The van der Waals surface area contributed by atoms with Crippen molar-refractivity contribution in [3.63, 3.8) is 0 Å². The highest BCUT2D eigenvalue weighted by molar-refractivity contribution is 8.00. The molecule has 0 unspecified atom stereocenters. The van der Waals surface area contributed by atoms with Crippen LogP contribution in [0.5, 0.6) is 0 Å². The van der Waals surface area contributed by atoms with E-state index < -0.39 is 11.6 Å². The summed E-state index contributed by atoms with van der Waals surface area (Å²) in [5.41, 5.74) is 0. The monoisotopic (exact) mass is 303 g/mol. The first kappa shape index (κ1) is 16.9. The van der Waals surface area contributed by atoms with E-state index in [4.69, 9.17) is 5.11 Å². The number of hydrogen-bond donors (Lipinski definition) is 2. The molecule has 0 spiro atoms. The van der Waals surface area contributed by atoms with Gasteiger partial charge in [0.25, 0.3) is 0 Å². The molecule has 0 bridgehead atoms. The quantitative estimate of drug-likeness (QED) is 0.545. The molecule has 0 aliphatic rings. The first-order valence-corrected chi connectivity index (χ1v) is 7.57. The van der Waals surface area contributed by atoms with E-state index in [1.807, 2.05) is 0 Å². The number of carbonyl (C=O) groups is 1. The second kappa shape index (κ2) is 9.72. The van der Waals surface area contributed by atoms with Crippen LogP contribution in [0.4, 0.5) is 8.78 Å². The Labute approximate surface area is 121 Å². The number of aliphatic hydroxyl groups excluding tert-OH is 1. The first-order valence-electron chi connectivity index (χ1n) is 6.59. The maximum absolute atomic E-state index is 13.3. The Hall–Kier alpha value is -1.14. The molecule has 2 N–H and O–H groups in total. The summed E-state index contributed by atoms with van der Waals surface area (Å²) in [7, 11) is 0. The molecule has 112 valence electrons. The molecule has 0 aliphatic heterocycles. The van der Waals surface area contributed by atoms with Crippen molar-refractivity contribution in [3.8, 4) is 0 Å². The van der Waals surface area contributed by atoms with Gasteiger partial charge in [0.05, 0.1) is 5.75 Å². The predicted octanol–water partition coefficient (Wildman–Crippen LogP) is 2.73. The van der Waals surface area contributed by atoms with Crippen LogP contribution >= 0.6 is 11.8 Å². The summed E-state index contributed by atoms with van der Waals surface area (Å²) >= 11 is 1.05. The molecule has 0 aromatic heterocycles. The van der Waals surface area contributed by atoms with Crippen LogP contribution in [0.15, 0.2) is 23.1 Å². The Kier molecular flexibility index (Phi) is 8.22. The van der Waals surface area contributed by atoms with Gasteiger partial charge in [-0.3, -0.25) is 4.79 Å². The molecule has 0 radical (unpaired) electrons. The van der Waals surface area contributed by atoms with Crippen molar-refractivity contribution in [3.05, 3.63) is 29.8 Å². The average Bonchev–Trinajstić information content (AvgIpc) is 2.41. The summed E-state index contributed by atoms with van der Waals surface area (Å²) in [5, 5.41) is 11.3. The van der Waals surface area contributed by atoms with E-state index in [1.54, 1.807) is 0 Å². The summed E-state index contributed by atoms with van der Waals surface area (Å²) in [4.78, 5) is 11.8. The second-order valence-corrected chi connectivity index (χ2v) is 5.37. The molecule has 0 saturated heterocycles. The Morgan fingerprint density at radius 3 is 2.65 bits per heavy atom. The van der Waals surface area contributed by atoms with Gasteiger partial charge < -0.3 is 10.4 Å². The molecular weight excluding hydrogens is 284 g/mol. The predicted molar refractivity (Wildman–Crippen MR) is 75.6 cm³/mol. The van der Waals surface area contributed by atoms with Crippen molar-refractivity contribution in [2.75, 3.05) is 18.9 Å². The number of rotatable bonds is 9. The van der Waals surface area contributed by atoms with Gasteiger partial charge in [-0.2, -0.15) is 0 Å². The number of hydrogen-bond acceptors (Lipinski definition) is 3. The van der Waals surface area contributed by atoms with E-state index in [0.717, 1.165) is 43.5 Å². The Morgan fingerprint density at radius 1 is 1.20 bits per heavy atom. The van der Waals surface area contributed by atoms with Crippen LogP contribution in [0, 0.1) is 11.6 Å². The summed E-state index contributed by atoms with van der Waals surface area (Å²) in [6.45, 7) is 0.781. The molecule has 0 aliphatic carbocycles. The van der Waals surface area contributed by atoms with Gasteiger partial charge in [0.15, 0.2) is 0 Å². The highest BCUT2D eigenvalue weighted by atomic mass is 32.2.